The smallest absolute Gasteiger partial charge is 0.416 e. The first-order chi connectivity index (χ1) is 19.2. The summed E-state index contributed by atoms with van der Waals surface area (Å²) in [6.45, 7) is 7.12. The van der Waals surface area contributed by atoms with Crippen LogP contribution >= 0.6 is 0 Å². The third kappa shape index (κ3) is 20.9. The van der Waals surface area contributed by atoms with E-state index in [4.69, 9.17) is 4.74 Å². The number of nitrogens with zero attached hydrogens (tertiary/aromatic N) is 1. The summed E-state index contributed by atoms with van der Waals surface area (Å²) in [5, 5.41) is 11.8. The number of unbranched alkanes of at least 4 members (excludes halogenated alkanes) is 2. The summed E-state index contributed by atoms with van der Waals surface area (Å²) in [7, 11) is 0. The van der Waals surface area contributed by atoms with Gasteiger partial charge >= 0.3 is 6.18 Å². The molecule has 1 saturated carbocycles. The molecule has 2 rings (SSSR count). The summed E-state index contributed by atoms with van der Waals surface area (Å²) in [6.07, 6.45) is 14.6. The largest absolute Gasteiger partial charge is 0.493 e. The Morgan fingerprint density at radius 2 is 1.80 bits per heavy atom. The molecule has 1 aliphatic carbocycles. The van der Waals surface area contributed by atoms with Crippen LogP contribution in [0.3, 0.4) is 0 Å². The Hall–Kier alpha value is -3.04. The highest BCUT2D eigenvalue weighted by Crippen LogP contribution is 2.31. The number of carbonyl (C=O) groups is 1. The van der Waals surface area contributed by atoms with Crippen molar-refractivity contribution in [3.05, 3.63) is 64.2 Å². The van der Waals surface area contributed by atoms with Crippen molar-refractivity contribution >= 4 is 5.91 Å². The minimum atomic E-state index is -4.32. The Kier molecular flexibility index (Phi) is 22.0. The fourth-order valence-electron chi connectivity index (χ4n) is 3.79. The van der Waals surface area contributed by atoms with Gasteiger partial charge in [0.2, 0.25) is 5.91 Å². The first-order valence-corrected chi connectivity index (χ1v) is 14.4. The van der Waals surface area contributed by atoms with Crippen LogP contribution in [0.1, 0.15) is 97.0 Å². The molecular formula is C30H47F3N2O5. The van der Waals surface area contributed by atoms with Crippen LogP contribution in [0, 0.1) is 16.0 Å². The summed E-state index contributed by atoms with van der Waals surface area (Å²) in [5.41, 5.74) is -0.670. The second kappa shape index (κ2) is 23.8. The van der Waals surface area contributed by atoms with Gasteiger partial charge in [0.1, 0.15) is 5.75 Å². The molecule has 1 aromatic carbocycles. The third-order valence-corrected chi connectivity index (χ3v) is 5.79. The molecule has 0 atom stereocenters. The first kappa shape index (κ1) is 37.0. The van der Waals surface area contributed by atoms with Crippen molar-refractivity contribution in [2.24, 2.45) is 5.92 Å². The van der Waals surface area contributed by atoms with E-state index in [0.717, 1.165) is 37.8 Å². The van der Waals surface area contributed by atoms with E-state index < -0.39 is 16.8 Å². The SMILES string of the molecule is CC.CC/C=C\CCCC(=O)NCCCCO[N+](=O)[O-].FC(F)(F)c1cccc(OCC/C=C/C2CCCC2)c1. The third-order valence-electron chi connectivity index (χ3n) is 5.79. The Morgan fingerprint density at radius 3 is 2.45 bits per heavy atom. The van der Waals surface area contributed by atoms with Crippen molar-refractivity contribution in [2.75, 3.05) is 19.8 Å². The summed E-state index contributed by atoms with van der Waals surface area (Å²) < 4.78 is 42.9. The lowest BCUT2D eigenvalue weighted by molar-refractivity contribution is -0.757. The molecule has 10 heteroatoms. The zero-order valence-electron chi connectivity index (χ0n) is 24.2. The van der Waals surface area contributed by atoms with E-state index in [9.17, 15) is 28.1 Å². The summed E-state index contributed by atoms with van der Waals surface area (Å²) in [5.74, 6) is 0.993. The average molecular weight is 573 g/mol. The van der Waals surface area contributed by atoms with Gasteiger partial charge in [-0.3, -0.25) is 4.79 Å². The second-order valence-electron chi connectivity index (χ2n) is 9.02. The van der Waals surface area contributed by atoms with Crippen LogP contribution < -0.4 is 10.1 Å². The van der Waals surface area contributed by atoms with E-state index in [1.54, 1.807) is 6.07 Å². The van der Waals surface area contributed by atoms with Crippen molar-refractivity contribution in [1.29, 1.82) is 0 Å². The lowest BCUT2D eigenvalue weighted by Crippen LogP contribution is -2.24. The molecule has 0 bridgehead atoms. The average Bonchev–Trinajstić information content (AvgIpc) is 3.45. The van der Waals surface area contributed by atoms with Crippen LogP contribution in [-0.4, -0.2) is 30.8 Å². The van der Waals surface area contributed by atoms with Crippen LogP contribution in [0.15, 0.2) is 48.6 Å². The van der Waals surface area contributed by atoms with Gasteiger partial charge in [0.25, 0.3) is 5.09 Å². The number of allylic oxidation sites excluding steroid dienone is 3. The normalized spacial score (nSPS) is 13.3. The van der Waals surface area contributed by atoms with Crippen LogP contribution in [0.4, 0.5) is 13.2 Å². The van der Waals surface area contributed by atoms with Gasteiger partial charge in [0.05, 0.1) is 18.8 Å². The molecule has 7 nitrogen and oxygen atoms in total. The molecule has 0 unspecified atom stereocenters. The molecule has 0 spiro atoms. The van der Waals surface area contributed by atoms with Crippen molar-refractivity contribution < 1.29 is 32.6 Å². The number of halogens is 3. The Bertz CT molecular complexity index is 854. The summed E-state index contributed by atoms with van der Waals surface area (Å²) >= 11 is 0. The van der Waals surface area contributed by atoms with Gasteiger partial charge in [-0.15, -0.1) is 10.1 Å². The molecular weight excluding hydrogens is 525 g/mol. The van der Waals surface area contributed by atoms with Crippen LogP contribution in [0.2, 0.25) is 0 Å². The first-order valence-electron chi connectivity index (χ1n) is 14.4. The fourth-order valence-corrected chi connectivity index (χ4v) is 3.79. The lowest BCUT2D eigenvalue weighted by Gasteiger charge is -2.09. The zero-order chi connectivity index (χ0) is 30.1. The van der Waals surface area contributed by atoms with E-state index in [-0.39, 0.29) is 18.3 Å². The van der Waals surface area contributed by atoms with Gasteiger partial charge in [-0.1, -0.05) is 64.0 Å². The number of rotatable bonds is 16. The van der Waals surface area contributed by atoms with Gasteiger partial charge in [-0.2, -0.15) is 13.2 Å². The molecule has 1 amide bonds. The maximum Gasteiger partial charge on any atom is 0.416 e. The molecule has 0 aromatic heterocycles. The Labute approximate surface area is 237 Å². The fraction of sp³-hybridized carbons (Fsp3) is 0.633. The van der Waals surface area contributed by atoms with E-state index in [1.807, 2.05) is 13.8 Å². The number of hydrogen-bond donors (Lipinski definition) is 1. The van der Waals surface area contributed by atoms with Crippen molar-refractivity contribution in [1.82, 2.24) is 5.32 Å². The monoisotopic (exact) mass is 572 g/mol. The van der Waals surface area contributed by atoms with Gasteiger partial charge in [0.15, 0.2) is 0 Å². The van der Waals surface area contributed by atoms with Gasteiger partial charge in [-0.05, 0) is 75.5 Å². The number of alkyl halides is 3. The number of benzene rings is 1. The molecule has 0 heterocycles. The standard InChI is InChI=1S/C16H19F3O.C12H22N2O4.C2H6/c17-16(18,19)14-9-5-10-15(12-14)20-11-4-3-8-13-6-1-2-7-13;1-2-3-4-5-6-9-12(15)13-10-7-8-11-18-14(16)17;1-2/h3,5,8-10,12-13H,1-2,4,6-7,11H2;3-4H,2,5-11H2,1H3,(H,13,15);1-2H3/b8-3+;4-3-;. The molecule has 40 heavy (non-hydrogen) atoms. The summed E-state index contributed by atoms with van der Waals surface area (Å²) in [6, 6.07) is 5.01. The topological polar surface area (TPSA) is 90.7 Å². The maximum atomic E-state index is 12.5. The van der Waals surface area contributed by atoms with Crippen molar-refractivity contribution in [3.8, 4) is 5.75 Å². The van der Waals surface area contributed by atoms with Crippen LogP contribution in [-0.2, 0) is 15.8 Å². The zero-order valence-corrected chi connectivity index (χ0v) is 24.2. The minimum Gasteiger partial charge on any atom is -0.493 e. The second-order valence-corrected chi connectivity index (χ2v) is 9.02. The quantitative estimate of drug-likeness (QED) is 0.0928. The Morgan fingerprint density at radius 1 is 1.07 bits per heavy atom. The van der Waals surface area contributed by atoms with Gasteiger partial charge in [0, 0.05) is 13.0 Å². The van der Waals surface area contributed by atoms with Crippen LogP contribution in [0.5, 0.6) is 5.75 Å². The number of amides is 1. The van der Waals surface area contributed by atoms with Crippen LogP contribution in [0.25, 0.3) is 0 Å². The molecule has 0 aliphatic heterocycles. The Balaban J connectivity index is 0.000000721. The number of carbonyl (C=O) groups excluding carboxylic acids is 1. The van der Waals surface area contributed by atoms with E-state index in [2.05, 4.69) is 41.4 Å². The molecule has 0 saturated heterocycles. The maximum absolute atomic E-state index is 12.5. The van der Waals surface area contributed by atoms with Crippen molar-refractivity contribution in [2.45, 2.75) is 97.6 Å². The molecule has 1 N–H and O–H groups in total. The number of hydrogen-bond acceptors (Lipinski definition) is 5. The highest BCUT2D eigenvalue weighted by atomic mass is 19.4. The van der Waals surface area contributed by atoms with Gasteiger partial charge < -0.3 is 14.9 Å². The molecule has 1 aromatic rings. The minimum absolute atomic E-state index is 0.0371. The van der Waals surface area contributed by atoms with Gasteiger partial charge in [-0.25, -0.2) is 0 Å². The number of ether oxygens (including phenoxy) is 1. The number of nitrogens with one attached hydrogen (secondary N) is 1. The van der Waals surface area contributed by atoms with Crippen molar-refractivity contribution in [3.63, 3.8) is 0 Å². The molecule has 1 fully saturated rings. The van der Waals surface area contributed by atoms with E-state index in [1.165, 1.54) is 31.7 Å². The van der Waals surface area contributed by atoms with E-state index in [0.29, 0.717) is 38.3 Å². The lowest BCUT2D eigenvalue weighted by atomic mass is 10.1. The highest BCUT2D eigenvalue weighted by molar-refractivity contribution is 5.75. The van der Waals surface area contributed by atoms with E-state index >= 15 is 0 Å². The molecule has 1 aliphatic rings. The predicted molar refractivity (Wildman–Crippen MR) is 152 cm³/mol. The highest BCUT2D eigenvalue weighted by Gasteiger charge is 2.30. The molecule has 0 radical (unpaired) electrons. The molecule has 228 valence electrons. The predicted octanol–water partition coefficient (Wildman–Crippen LogP) is 8.47. The summed E-state index contributed by atoms with van der Waals surface area (Å²) in [4.78, 5) is 25.3.